The third kappa shape index (κ3) is 4.81. The van der Waals surface area contributed by atoms with E-state index in [4.69, 9.17) is 21.1 Å². The van der Waals surface area contributed by atoms with Crippen molar-refractivity contribution < 1.29 is 9.47 Å². The second-order valence-corrected chi connectivity index (χ2v) is 4.69. The largest absolute Gasteiger partial charge is 0.456 e. The third-order valence-electron chi connectivity index (χ3n) is 2.65. The number of ether oxygens (including phenoxy) is 2. The van der Waals surface area contributed by atoms with Crippen LogP contribution in [0.25, 0.3) is 0 Å². The second-order valence-electron chi connectivity index (χ2n) is 4.25. The monoisotopic (exact) mass is 292 g/mol. The smallest absolute Gasteiger partial charge is 0.147 e. The second kappa shape index (κ2) is 7.85. The summed E-state index contributed by atoms with van der Waals surface area (Å²) >= 11 is 5.86. The molecule has 20 heavy (non-hydrogen) atoms. The highest BCUT2D eigenvalue weighted by atomic mass is 35.5. The molecule has 1 N–H and O–H groups in total. The lowest BCUT2D eigenvalue weighted by molar-refractivity contribution is 0.199. The molecule has 0 aliphatic heterocycles. The first-order valence-electron chi connectivity index (χ1n) is 6.35. The van der Waals surface area contributed by atoms with Gasteiger partial charge in [0.25, 0.3) is 0 Å². The van der Waals surface area contributed by atoms with Crippen molar-refractivity contribution in [3.8, 4) is 11.5 Å². The predicted molar refractivity (Wildman–Crippen MR) is 79.3 cm³/mol. The summed E-state index contributed by atoms with van der Waals surface area (Å²) in [4.78, 5) is 3.98. The van der Waals surface area contributed by atoms with Crippen molar-refractivity contribution in [2.24, 2.45) is 0 Å². The number of benzene rings is 1. The molecule has 0 saturated carbocycles. The molecule has 0 saturated heterocycles. The van der Waals surface area contributed by atoms with Crippen LogP contribution in [0.2, 0.25) is 5.02 Å². The van der Waals surface area contributed by atoms with Gasteiger partial charge in [-0.1, -0.05) is 23.7 Å². The molecule has 2 aromatic rings. The number of hydrogen-bond acceptors (Lipinski definition) is 4. The highest BCUT2D eigenvalue weighted by Gasteiger charge is 1.99. The number of halogens is 1. The van der Waals surface area contributed by atoms with Crippen molar-refractivity contribution in [2.75, 3.05) is 20.3 Å². The Morgan fingerprint density at radius 2 is 1.95 bits per heavy atom. The molecule has 0 fully saturated rings. The zero-order valence-electron chi connectivity index (χ0n) is 11.3. The first-order chi connectivity index (χ1) is 9.78. The molecule has 0 aliphatic carbocycles. The summed E-state index contributed by atoms with van der Waals surface area (Å²) in [6.07, 6.45) is 3.20. The Bertz CT molecular complexity index is 532. The molecule has 0 amide bonds. The van der Waals surface area contributed by atoms with Crippen LogP contribution in [0.15, 0.2) is 42.7 Å². The van der Waals surface area contributed by atoms with Crippen LogP contribution in [-0.4, -0.2) is 25.2 Å². The minimum Gasteiger partial charge on any atom is -0.456 e. The topological polar surface area (TPSA) is 43.4 Å². The van der Waals surface area contributed by atoms with E-state index in [-0.39, 0.29) is 0 Å². The van der Waals surface area contributed by atoms with Crippen molar-refractivity contribution in [3.05, 3.63) is 53.3 Å². The number of nitrogens with one attached hydrogen (secondary N) is 1. The maximum Gasteiger partial charge on any atom is 0.147 e. The normalized spacial score (nSPS) is 10.5. The number of methoxy groups -OCH3 is 1. The molecule has 0 aliphatic rings. The molecule has 5 heteroatoms. The molecule has 0 bridgehead atoms. The number of hydrogen-bond donors (Lipinski definition) is 1. The van der Waals surface area contributed by atoms with Gasteiger partial charge in [-0.2, -0.15) is 0 Å². The van der Waals surface area contributed by atoms with E-state index in [2.05, 4.69) is 10.3 Å². The molecular formula is C15H17ClN2O2. The number of rotatable bonds is 7. The van der Waals surface area contributed by atoms with Gasteiger partial charge in [0.2, 0.25) is 0 Å². The molecule has 0 spiro atoms. The van der Waals surface area contributed by atoms with Crippen LogP contribution in [-0.2, 0) is 11.3 Å². The molecule has 2 rings (SSSR count). The van der Waals surface area contributed by atoms with E-state index >= 15 is 0 Å². The summed E-state index contributed by atoms with van der Waals surface area (Å²) in [6, 6.07) is 9.62. The average Bonchev–Trinajstić information content (AvgIpc) is 2.45. The van der Waals surface area contributed by atoms with E-state index in [0.29, 0.717) is 17.4 Å². The molecule has 4 nitrogen and oxygen atoms in total. The molecule has 0 unspecified atom stereocenters. The van der Waals surface area contributed by atoms with Gasteiger partial charge in [0.15, 0.2) is 0 Å². The molecule has 106 valence electrons. The van der Waals surface area contributed by atoms with Gasteiger partial charge < -0.3 is 14.8 Å². The Morgan fingerprint density at radius 1 is 1.15 bits per heavy atom. The maximum atomic E-state index is 5.86. The van der Waals surface area contributed by atoms with Gasteiger partial charge in [0.05, 0.1) is 17.8 Å². The molecule has 1 aromatic carbocycles. The SMILES string of the molecule is COCCNCc1ccc(Oc2cncc(Cl)c2)cc1. The van der Waals surface area contributed by atoms with Crippen LogP contribution in [0.3, 0.4) is 0 Å². The summed E-state index contributed by atoms with van der Waals surface area (Å²) in [5.74, 6) is 1.39. The summed E-state index contributed by atoms with van der Waals surface area (Å²) in [5, 5.41) is 3.84. The fourth-order valence-electron chi connectivity index (χ4n) is 1.67. The molecular weight excluding hydrogens is 276 g/mol. The van der Waals surface area contributed by atoms with E-state index in [0.717, 1.165) is 18.8 Å². The van der Waals surface area contributed by atoms with Crippen LogP contribution in [0.5, 0.6) is 11.5 Å². The summed E-state index contributed by atoms with van der Waals surface area (Å²) in [7, 11) is 1.69. The van der Waals surface area contributed by atoms with E-state index in [9.17, 15) is 0 Å². The van der Waals surface area contributed by atoms with Gasteiger partial charge in [-0.15, -0.1) is 0 Å². The minimum atomic E-state index is 0.557. The first kappa shape index (κ1) is 14.8. The lowest BCUT2D eigenvalue weighted by Crippen LogP contribution is -2.18. The van der Waals surface area contributed by atoms with E-state index in [1.54, 1.807) is 25.6 Å². The summed E-state index contributed by atoms with van der Waals surface area (Å²) in [6.45, 7) is 2.36. The molecule has 1 heterocycles. The Labute approximate surface area is 123 Å². The molecule has 1 aromatic heterocycles. The molecule has 0 atom stereocenters. The van der Waals surface area contributed by atoms with Crippen molar-refractivity contribution in [1.29, 1.82) is 0 Å². The molecule has 0 radical (unpaired) electrons. The van der Waals surface area contributed by atoms with Crippen molar-refractivity contribution in [1.82, 2.24) is 10.3 Å². The lowest BCUT2D eigenvalue weighted by atomic mass is 10.2. The zero-order valence-corrected chi connectivity index (χ0v) is 12.1. The van der Waals surface area contributed by atoms with Gasteiger partial charge in [-0.3, -0.25) is 4.98 Å². The maximum absolute atomic E-state index is 5.86. The van der Waals surface area contributed by atoms with Gasteiger partial charge in [0, 0.05) is 32.5 Å². The quantitative estimate of drug-likeness (QED) is 0.796. The summed E-state index contributed by atoms with van der Waals surface area (Å²) < 4.78 is 10.6. The first-order valence-corrected chi connectivity index (χ1v) is 6.73. The van der Waals surface area contributed by atoms with E-state index in [1.165, 1.54) is 5.56 Å². The van der Waals surface area contributed by atoms with Gasteiger partial charge in [-0.05, 0) is 17.7 Å². The van der Waals surface area contributed by atoms with Gasteiger partial charge in [-0.25, -0.2) is 0 Å². The van der Waals surface area contributed by atoms with Crippen molar-refractivity contribution in [3.63, 3.8) is 0 Å². The number of nitrogens with zero attached hydrogens (tertiary/aromatic N) is 1. The van der Waals surface area contributed by atoms with Crippen LogP contribution < -0.4 is 10.1 Å². The number of aromatic nitrogens is 1. The van der Waals surface area contributed by atoms with E-state index in [1.807, 2.05) is 24.3 Å². The van der Waals surface area contributed by atoms with Crippen molar-refractivity contribution >= 4 is 11.6 Å². The van der Waals surface area contributed by atoms with Gasteiger partial charge in [0.1, 0.15) is 11.5 Å². The van der Waals surface area contributed by atoms with Crippen LogP contribution >= 0.6 is 11.6 Å². The predicted octanol–water partition coefficient (Wildman–Crippen LogP) is 3.26. The highest BCUT2D eigenvalue weighted by molar-refractivity contribution is 6.30. The van der Waals surface area contributed by atoms with Crippen LogP contribution in [0.4, 0.5) is 0 Å². The fourth-order valence-corrected chi connectivity index (χ4v) is 1.83. The van der Waals surface area contributed by atoms with Crippen LogP contribution in [0, 0.1) is 0 Å². The third-order valence-corrected chi connectivity index (χ3v) is 2.86. The standard InChI is InChI=1S/C15H17ClN2O2/c1-19-7-6-17-9-12-2-4-14(5-3-12)20-15-8-13(16)10-18-11-15/h2-5,8,10-11,17H,6-7,9H2,1H3. The average molecular weight is 293 g/mol. The fraction of sp³-hybridized carbons (Fsp3) is 0.267. The lowest BCUT2D eigenvalue weighted by Gasteiger charge is -2.07. The Hall–Kier alpha value is -1.62. The van der Waals surface area contributed by atoms with Gasteiger partial charge >= 0.3 is 0 Å². The zero-order chi connectivity index (χ0) is 14.2. The van der Waals surface area contributed by atoms with Crippen LogP contribution in [0.1, 0.15) is 5.56 Å². The van der Waals surface area contributed by atoms with Crippen molar-refractivity contribution in [2.45, 2.75) is 6.54 Å². The number of pyridine rings is 1. The Balaban J connectivity index is 1.88. The highest BCUT2D eigenvalue weighted by Crippen LogP contribution is 2.23. The van der Waals surface area contributed by atoms with E-state index < -0.39 is 0 Å². The Kier molecular flexibility index (Phi) is 5.80. The minimum absolute atomic E-state index is 0.557. The summed E-state index contributed by atoms with van der Waals surface area (Å²) in [5.41, 5.74) is 1.19. The Morgan fingerprint density at radius 3 is 2.65 bits per heavy atom.